The van der Waals surface area contributed by atoms with Gasteiger partial charge in [-0.05, 0) is 67.1 Å². The number of halogens is 4. The van der Waals surface area contributed by atoms with E-state index in [-0.39, 0.29) is 23.9 Å². The number of rotatable bonds is 4. The molecule has 0 spiro atoms. The smallest absolute Gasteiger partial charge is 0.348 e. The lowest BCUT2D eigenvalue weighted by molar-refractivity contribution is -0.137. The lowest BCUT2D eigenvalue weighted by atomic mass is 9.96. The van der Waals surface area contributed by atoms with Gasteiger partial charge in [0.05, 0.1) is 23.0 Å². The number of anilines is 1. The Hall–Kier alpha value is -3.14. The van der Waals surface area contributed by atoms with E-state index >= 15 is 0 Å². The molecule has 0 fully saturated rings. The highest BCUT2D eigenvalue weighted by atomic mass is 19.4. The van der Waals surface area contributed by atoms with Crippen LogP contribution in [0.5, 0.6) is 0 Å². The second-order valence-corrected chi connectivity index (χ2v) is 7.62. The molecule has 1 aromatic carbocycles. The van der Waals surface area contributed by atoms with E-state index in [9.17, 15) is 22.4 Å². The second-order valence-electron chi connectivity index (χ2n) is 7.62. The van der Waals surface area contributed by atoms with Crippen molar-refractivity contribution in [2.45, 2.75) is 44.8 Å². The molecular formula is C21H21F4N5O. The van der Waals surface area contributed by atoms with Crippen molar-refractivity contribution in [3.63, 3.8) is 0 Å². The van der Waals surface area contributed by atoms with Crippen LogP contribution in [0.1, 0.15) is 42.9 Å². The molecule has 1 aromatic heterocycles. The van der Waals surface area contributed by atoms with Crippen LogP contribution >= 0.6 is 0 Å². The zero-order valence-electron chi connectivity index (χ0n) is 16.7. The van der Waals surface area contributed by atoms with Gasteiger partial charge in [0.15, 0.2) is 0 Å². The lowest BCUT2D eigenvalue weighted by Crippen LogP contribution is -2.42. The van der Waals surface area contributed by atoms with Crippen LogP contribution in [0.25, 0.3) is 0 Å². The van der Waals surface area contributed by atoms with Gasteiger partial charge in [0.25, 0.3) is 0 Å². The van der Waals surface area contributed by atoms with Crippen molar-refractivity contribution in [3.8, 4) is 0 Å². The molecule has 0 saturated carbocycles. The van der Waals surface area contributed by atoms with Gasteiger partial charge >= 0.3 is 6.18 Å². The fourth-order valence-corrected chi connectivity index (χ4v) is 3.96. The largest absolute Gasteiger partial charge is 0.416 e. The number of nitrogens with zero attached hydrogens (tertiary/aromatic N) is 2. The Morgan fingerprint density at radius 3 is 2.81 bits per heavy atom. The number of carbonyl (C=O) groups excluding carboxylic acids is 1. The van der Waals surface area contributed by atoms with Gasteiger partial charge < -0.3 is 10.7 Å². The normalized spacial score (nSPS) is 18.6. The minimum absolute atomic E-state index is 0.118. The molecule has 0 unspecified atom stereocenters. The molecule has 1 amide bonds. The molecule has 31 heavy (non-hydrogen) atoms. The molecule has 1 aliphatic heterocycles. The summed E-state index contributed by atoms with van der Waals surface area (Å²) >= 11 is 0. The summed E-state index contributed by atoms with van der Waals surface area (Å²) in [7, 11) is 0. The molecule has 164 valence electrons. The number of allylic oxidation sites excluding steroid dienone is 1. The number of pyridine rings is 1. The molecule has 2 aromatic rings. The van der Waals surface area contributed by atoms with Gasteiger partial charge in [-0.1, -0.05) is 0 Å². The van der Waals surface area contributed by atoms with Crippen molar-refractivity contribution in [1.29, 1.82) is 0 Å². The SMILES string of the molecule is CC(=O)N[C@H]1CCCC2=C1NNN2c1cc(Cc2cc(F)cc(C(F)(F)F)c2)ccn1. The molecule has 6 nitrogen and oxygen atoms in total. The van der Waals surface area contributed by atoms with Crippen LogP contribution in [-0.4, -0.2) is 16.9 Å². The van der Waals surface area contributed by atoms with Crippen LogP contribution < -0.4 is 21.3 Å². The molecule has 3 N–H and O–H groups in total. The maximum Gasteiger partial charge on any atom is 0.416 e. The standard InChI is InChI=1S/C21H21F4N5O/c1-12(31)27-17-3-2-4-18-20(17)28-29-30(18)19-10-13(5-6-26-19)7-14-8-15(21(23,24)25)11-16(22)9-14/h5-6,8-11,17,28-29H,2-4,7H2,1H3,(H,27,31)/t17-/m0/s1. The van der Waals surface area contributed by atoms with Gasteiger partial charge in [-0.15, -0.1) is 5.53 Å². The van der Waals surface area contributed by atoms with Crippen LogP contribution in [0.3, 0.4) is 0 Å². The van der Waals surface area contributed by atoms with E-state index in [2.05, 4.69) is 21.3 Å². The fourth-order valence-electron chi connectivity index (χ4n) is 3.96. The van der Waals surface area contributed by atoms with E-state index in [1.54, 1.807) is 23.3 Å². The summed E-state index contributed by atoms with van der Waals surface area (Å²) in [6.07, 6.45) is -0.459. The Morgan fingerprint density at radius 2 is 2.06 bits per heavy atom. The van der Waals surface area contributed by atoms with Crippen LogP contribution in [0.15, 0.2) is 47.9 Å². The fraction of sp³-hybridized carbons (Fsp3) is 0.333. The highest BCUT2D eigenvalue weighted by molar-refractivity contribution is 5.74. The summed E-state index contributed by atoms with van der Waals surface area (Å²) in [4.78, 5) is 15.8. The van der Waals surface area contributed by atoms with E-state index in [1.165, 1.54) is 6.92 Å². The van der Waals surface area contributed by atoms with Gasteiger partial charge in [0.1, 0.15) is 11.6 Å². The molecule has 2 aliphatic rings. The van der Waals surface area contributed by atoms with E-state index in [0.29, 0.717) is 17.4 Å². The number of amides is 1. The monoisotopic (exact) mass is 435 g/mol. The average molecular weight is 435 g/mol. The third-order valence-corrected chi connectivity index (χ3v) is 5.25. The second kappa shape index (κ2) is 8.18. The summed E-state index contributed by atoms with van der Waals surface area (Å²) in [5, 5.41) is 4.68. The van der Waals surface area contributed by atoms with E-state index in [4.69, 9.17) is 0 Å². The summed E-state index contributed by atoms with van der Waals surface area (Å²) < 4.78 is 52.7. The van der Waals surface area contributed by atoms with Crippen molar-refractivity contribution >= 4 is 11.7 Å². The number of benzene rings is 1. The molecular weight excluding hydrogens is 414 g/mol. The first-order valence-corrected chi connectivity index (χ1v) is 9.84. The van der Waals surface area contributed by atoms with Crippen molar-refractivity contribution in [2.75, 3.05) is 5.01 Å². The zero-order chi connectivity index (χ0) is 22.2. The van der Waals surface area contributed by atoms with Gasteiger partial charge in [0.2, 0.25) is 5.91 Å². The van der Waals surface area contributed by atoms with Crippen molar-refractivity contribution in [2.24, 2.45) is 0 Å². The van der Waals surface area contributed by atoms with Crippen molar-refractivity contribution in [3.05, 3.63) is 70.4 Å². The van der Waals surface area contributed by atoms with Crippen molar-refractivity contribution in [1.82, 2.24) is 21.3 Å². The average Bonchev–Trinajstić information content (AvgIpc) is 3.12. The molecule has 1 atom stereocenters. The molecule has 0 saturated heterocycles. The Labute approximate surface area is 176 Å². The number of nitrogens with one attached hydrogen (secondary N) is 3. The Kier molecular flexibility index (Phi) is 5.57. The zero-order valence-corrected chi connectivity index (χ0v) is 16.7. The number of aromatic nitrogens is 1. The Bertz CT molecular complexity index is 1040. The molecule has 2 heterocycles. The van der Waals surface area contributed by atoms with Crippen molar-refractivity contribution < 1.29 is 22.4 Å². The number of hydrazine groups is 2. The molecule has 1 aliphatic carbocycles. The molecule has 0 bridgehead atoms. The van der Waals surface area contributed by atoms with Crippen LogP contribution in [0.4, 0.5) is 23.4 Å². The quantitative estimate of drug-likeness (QED) is 0.641. The lowest BCUT2D eigenvalue weighted by Gasteiger charge is -2.26. The summed E-state index contributed by atoms with van der Waals surface area (Å²) in [5.41, 5.74) is 7.84. The van der Waals surface area contributed by atoms with Crippen LogP contribution in [0, 0.1) is 5.82 Å². The van der Waals surface area contributed by atoms with E-state index in [0.717, 1.165) is 42.8 Å². The van der Waals surface area contributed by atoms with Gasteiger partial charge in [-0.25, -0.2) is 14.4 Å². The third kappa shape index (κ3) is 4.63. The van der Waals surface area contributed by atoms with Crippen LogP contribution in [-0.2, 0) is 17.4 Å². The number of carbonyl (C=O) groups is 1. The number of alkyl halides is 3. The van der Waals surface area contributed by atoms with Gasteiger partial charge in [-0.2, -0.15) is 13.2 Å². The first-order valence-electron chi connectivity index (χ1n) is 9.84. The maximum atomic E-state index is 13.7. The number of hydrogen-bond donors (Lipinski definition) is 3. The Morgan fingerprint density at radius 1 is 1.26 bits per heavy atom. The highest BCUT2D eigenvalue weighted by Gasteiger charge is 2.33. The maximum absolute atomic E-state index is 13.7. The summed E-state index contributed by atoms with van der Waals surface area (Å²) in [6, 6.07) is 5.84. The minimum Gasteiger partial charge on any atom is -0.348 e. The predicted molar refractivity (Wildman–Crippen MR) is 106 cm³/mol. The topological polar surface area (TPSA) is 69.3 Å². The number of hydrogen-bond acceptors (Lipinski definition) is 5. The first-order chi connectivity index (χ1) is 14.7. The van der Waals surface area contributed by atoms with E-state index < -0.39 is 17.6 Å². The Balaban J connectivity index is 1.58. The van der Waals surface area contributed by atoms with Gasteiger partial charge in [-0.3, -0.25) is 4.79 Å². The predicted octanol–water partition coefficient (Wildman–Crippen LogP) is 3.56. The summed E-state index contributed by atoms with van der Waals surface area (Å²) in [5.74, 6) is -0.496. The first kappa shape index (κ1) is 21.1. The third-order valence-electron chi connectivity index (χ3n) is 5.25. The van der Waals surface area contributed by atoms with Crippen LogP contribution in [0.2, 0.25) is 0 Å². The highest BCUT2D eigenvalue weighted by Crippen LogP contribution is 2.33. The molecule has 0 radical (unpaired) electrons. The van der Waals surface area contributed by atoms with E-state index in [1.807, 2.05) is 0 Å². The van der Waals surface area contributed by atoms with Gasteiger partial charge in [0, 0.05) is 13.1 Å². The summed E-state index contributed by atoms with van der Waals surface area (Å²) in [6.45, 7) is 1.47. The molecule has 10 heteroatoms. The molecule has 4 rings (SSSR count). The minimum atomic E-state index is -4.61.